The fourth-order valence-corrected chi connectivity index (χ4v) is 1.15. The average Bonchev–Trinajstić information content (AvgIpc) is 1.78. The summed E-state index contributed by atoms with van der Waals surface area (Å²) in [7, 11) is 0. The van der Waals surface area contributed by atoms with E-state index in [2.05, 4.69) is 5.32 Å². The first-order chi connectivity index (χ1) is 5.90. The number of esters is 1. The Kier molecular flexibility index (Phi) is 2.93. The number of nitrogens with one attached hydrogen (secondary N) is 1. The monoisotopic (exact) mass is 186 g/mol. The summed E-state index contributed by atoms with van der Waals surface area (Å²) in [5, 5.41) is 3.09. The Morgan fingerprint density at radius 2 is 2.15 bits per heavy atom. The van der Waals surface area contributed by atoms with E-state index in [1.165, 1.54) is 0 Å². The molecule has 0 aromatic carbocycles. The maximum atomic E-state index is 11.4. The molecule has 1 heterocycles. The normalized spacial score (nSPS) is 24.8. The predicted octanol–water partition coefficient (Wildman–Crippen LogP) is 0.0173. The van der Waals surface area contributed by atoms with E-state index in [0.717, 1.165) is 13.0 Å². The van der Waals surface area contributed by atoms with Crippen LogP contribution in [0.5, 0.6) is 0 Å². The minimum absolute atomic E-state index is 0.106. The van der Waals surface area contributed by atoms with E-state index < -0.39 is 11.6 Å². The molecule has 0 aromatic heterocycles. The second-order valence-corrected chi connectivity index (χ2v) is 4.41. The molecule has 0 bridgehead atoms. The Balaban J connectivity index is 2.38. The van der Waals surface area contributed by atoms with Crippen molar-refractivity contribution in [3.05, 3.63) is 0 Å². The molecule has 0 radical (unpaired) electrons. The predicted molar refractivity (Wildman–Crippen MR) is 50.2 cm³/mol. The van der Waals surface area contributed by atoms with Crippen LogP contribution in [0.25, 0.3) is 0 Å². The maximum absolute atomic E-state index is 11.4. The van der Waals surface area contributed by atoms with Crippen molar-refractivity contribution in [3.8, 4) is 0 Å². The van der Waals surface area contributed by atoms with E-state index in [0.29, 0.717) is 0 Å². The summed E-state index contributed by atoms with van der Waals surface area (Å²) in [6.45, 7) is 6.46. The van der Waals surface area contributed by atoms with Crippen molar-refractivity contribution in [2.45, 2.75) is 44.9 Å². The summed E-state index contributed by atoms with van der Waals surface area (Å²) in [6, 6.07) is -0.414. The van der Waals surface area contributed by atoms with Gasteiger partial charge in [0.1, 0.15) is 11.6 Å². The van der Waals surface area contributed by atoms with Gasteiger partial charge in [-0.2, -0.15) is 0 Å². The molecule has 0 aromatic rings. The molecule has 3 N–H and O–H groups in total. The van der Waals surface area contributed by atoms with Gasteiger partial charge in [0.25, 0.3) is 0 Å². The summed E-state index contributed by atoms with van der Waals surface area (Å²) in [6.07, 6.45) is 0.959. The van der Waals surface area contributed by atoms with Crippen LogP contribution in [0.1, 0.15) is 27.2 Å². The first kappa shape index (κ1) is 10.5. The minimum Gasteiger partial charge on any atom is -0.459 e. The molecule has 4 heteroatoms. The molecule has 1 fully saturated rings. The van der Waals surface area contributed by atoms with Gasteiger partial charge in [-0.1, -0.05) is 0 Å². The third kappa shape index (κ3) is 2.97. The minimum atomic E-state index is -0.520. The van der Waals surface area contributed by atoms with Crippen LogP contribution in [-0.2, 0) is 9.53 Å². The summed E-state index contributed by atoms with van der Waals surface area (Å²) in [5.41, 5.74) is 5.25. The van der Waals surface area contributed by atoms with E-state index >= 15 is 0 Å². The third-order valence-electron chi connectivity index (χ3n) is 1.97. The molecule has 1 saturated heterocycles. The highest BCUT2D eigenvalue weighted by molar-refractivity contribution is 5.77. The van der Waals surface area contributed by atoms with Crippen LogP contribution in [0.4, 0.5) is 0 Å². The molecule has 2 unspecified atom stereocenters. The Bertz CT molecular complexity index is 194. The summed E-state index contributed by atoms with van der Waals surface area (Å²) in [4.78, 5) is 11.4. The van der Waals surface area contributed by atoms with E-state index in [1.807, 2.05) is 20.8 Å². The lowest BCUT2D eigenvalue weighted by molar-refractivity contribution is -0.157. The van der Waals surface area contributed by atoms with Gasteiger partial charge in [-0.05, 0) is 33.7 Å². The van der Waals surface area contributed by atoms with E-state index in [-0.39, 0.29) is 12.0 Å². The van der Waals surface area contributed by atoms with Gasteiger partial charge in [0, 0.05) is 6.04 Å². The van der Waals surface area contributed by atoms with Crippen molar-refractivity contribution < 1.29 is 9.53 Å². The first-order valence-electron chi connectivity index (χ1n) is 4.62. The highest BCUT2D eigenvalue weighted by Gasteiger charge is 2.32. The second-order valence-electron chi connectivity index (χ2n) is 4.41. The molecule has 1 rings (SSSR count). The van der Waals surface area contributed by atoms with Gasteiger partial charge >= 0.3 is 5.97 Å². The lowest BCUT2D eigenvalue weighted by Gasteiger charge is -2.33. The fraction of sp³-hybridized carbons (Fsp3) is 0.889. The molecule has 0 saturated carbocycles. The largest absolute Gasteiger partial charge is 0.459 e. The summed E-state index contributed by atoms with van der Waals surface area (Å²) >= 11 is 0. The van der Waals surface area contributed by atoms with Crippen LogP contribution in [0.3, 0.4) is 0 Å². The second kappa shape index (κ2) is 3.64. The van der Waals surface area contributed by atoms with Crippen molar-refractivity contribution in [2.24, 2.45) is 5.73 Å². The maximum Gasteiger partial charge on any atom is 0.325 e. The van der Waals surface area contributed by atoms with E-state index in [1.54, 1.807) is 0 Å². The smallest absolute Gasteiger partial charge is 0.325 e. The molecule has 2 atom stereocenters. The van der Waals surface area contributed by atoms with Crippen LogP contribution < -0.4 is 11.1 Å². The zero-order chi connectivity index (χ0) is 10.1. The van der Waals surface area contributed by atoms with Crippen molar-refractivity contribution in [2.75, 3.05) is 6.54 Å². The third-order valence-corrected chi connectivity index (χ3v) is 1.97. The Morgan fingerprint density at radius 3 is 2.46 bits per heavy atom. The van der Waals surface area contributed by atoms with Crippen LogP contribution in [0.2, 0.25) is 0 Å². The number of ether oxygens (including phenoxy) is 1. The highest BCUT2D eigenvalue weighted by Crippen LogP contribution is 2.12. The van der Waals surface area contributed by atoms with Crippen molar-refractivity contribution >= 4 is 5.97 Å². The van der Waals surface area contributed by atoms with Gasteiger partial charge in [0.2, 0.25) is 0 Å². The Hall–Kier alpha value is -0.610. The van der Waals surface area contributed by atoms with Gasteiger partial charge < -0.3 is 15.8 Å². The Morgan fingerprint density at radius 1 is 1.62 bits per heavy atom. The summed E-state index contributed by atoms with van der Waals surface area (Å²) in [5.74, 6) is -0.315. The number of rotatable bonds is 2. The molecule has 0 amide bonds. The average molecular weight is 186 g/mol. The van der Waals surface area contributed by atoms with Gasteiger partial charge in [0.05, 0.1) is 0 Å². The van der Waals surface area contributed by atoms with E-state index in [9.17, 15) is 4.79 Å². The molecular formula is C9H18N2O2. The number of hydrogen-bond acceptors (Lipinski definition) is 4. The van der Waals surface area contributed by atoms with E-state index in [4.69, 9.17) is 10.5 Å². The molecule has 1 aliphatic rings. The molecular weight excluding hydrogens is 168 g/mol. The van der Waals surface area contributed by atoms with Crippen molar-refractivity contribution in [1.82, 2.24) is 5.32 Å². The van der Waals surface area contributed by atoms with Crippen LogP contribution >= 0.6 is 0 Å². The van der Waals surface area contributed by atoms with Crippen molar-refractivity contribution in [1.29, 1.82) is 0 Å². The molecule has 0 spiro atoms. The molecule has 0 aliphatic carbocycles. The van der Waals surface area contributed by atoms with Gasteiger partial charge in [-0.15, -0.1) is 0 Å². The SMILES string of the molecule is CC(C)(C)OC(=O)C(N)C1CCN1. The van der Waals surface area contributed by atoms with Gasteiger partial charge in [-0.25, -0.2) is 0 Å². The fourth-order valence-electron chi connectivity index (χ4n) is 1.15. The summed E-state index contributed by atoms with van der Waals surface area (Å²) < 4.78 is 5.15. The number of hydrogen-bond donors (Lipinski definition) is 2. The standard InChI is InChI=1S/C9H18N2O2/c1-9(2,3)13-8(12)7(10)6-4-5-11-6/h6-7,11H,4-5,10H2,1-3H3. The highest BCUT2D eigenvalue weighted by atomic mass is 16.6. The topological polar surface area (TPSA) is 64.3 Å². The van der Waals surface area contributed by atoms with Crippen LogP contribution in [0, 0.1) is 0 Å². The first-order valence-corrected chi connectivity index (χ1v) is 4.62. The van der Waals surface area contributed by atoms with Crippen LogP contribution in [0.15, 0.2) is 0 Å². The lowest BCUT2D eigenvalue weighted by Crippen LogP contribution is -2.58. The molecule has 76 valence electrons. The molecule has 4 nitrogen and oxygen atoms in total. The van der Waals surface area contributed by atoms with Gasteiger partial charge in [-0.3, -0.25) is 4.79 Å². The van der Waals surface area contributed by atoms with Gasteiger partial charge in [0.15, 0.2) is 0 Å². The lowest BCUT2D eigenvalue weighted by atomic mass is 9.99. The quantitative estimate of drug-likeness (QED) is 0.597. The molecule has 1 aliphatic heterocycles. The Labute approximate surface area is 78.8 Å². The number of nitrogens with two attached hydrogens (primary N) is 1. The zero-order valence-corrected chi connectivity index (χ0v) is 8.46. The van der Waals surface area contributed by atoms with Crippen molar-refractivity contribution in [3.63, 3.8) is 0 Å². The molecule has 13 heavy (non-hydrogen) atoms. The number of carbonyl (C=O) groups is 1. The zero-order valence-electron chi connectivity index (χ0n) is 8.46. The van der Waals surface area contributed by atoms with Crippen LogP contribution in [-0.4, -0.2) is 30.2 Å². The number of carbonyl (C=O) groups excluding carboxylic acids is 1.